The predicted molar refractivity (Wildman–Crippen MR) is 76.5 cm³/mol. The Balaban J connectivity index is 1.54. The fourth-order valence-electron chi connectivity index (χ4n) is 2.15. The topological polar surface area (TPSA) is 75.2 Å². The van der Waals surface area contributed by atoms with Crippen LogP contribution in [-0.4, -0.2) is 39.8 Å². The molecule has 6 heteroatoms. The van der Waals surface area contributed by atoms with E-state index in [0.717, 1.165) is 5.69 Å². The van der Waals surface area contributed by atoms with E-state index >= 15 is 0 Å². The molecule has 0 spiro atoms. The molecule has 0 atom stereocenters. The number of hydrogen-bond donors (Lipinski definition) is 1. The molecule has 1 fully saturated rings. The van der Waals surface area contributed by atoms with E-state index in [1.54, 1.807) is 4.90 Å². The van der Waals surface area contributed by atoms with Crippen LogP contribution in [0.3, 0.4) is 0 Å². The molecule has 1 aliphatic rings. The maximum atomic E-state index is 12.0. The molecule has 21 heavy (non-hydrogen) atoms. The third-order valence-corrected chi connectivity index (χ3v) is 3.36. The van der Waals surface area contributed by atoms with Gasteiger partial charge in [0.05, 0.1) is 12.1 Å². The van der Waals surface area contributed by atoms with Crippen molar-refractivity contribution in [3.05, 3.63) is 54.6 Å². The summed E-state index contributed by atoms with van der Waals surface area (Å²) in [6.07, 6.45) is 4.43. The third kappa shape index (κ3) is 2.89. The normalized spacial score (nSPS) is 14.4. The van der Waals surface area contributed by atoms with Gasteiger partial charge in [0.25, 0.3) is 5.91 Å². The van der Waals surface area contributed by atoms with Gasteiger partial charge in [-0.25, -0.2) is 4.98 Å². The van der Waals surface area contributed by atoms with E-state index in [4.69, 9.17) is 0 Å². The molecule has 0 saturated carbocycles. The van der Waals surface area contributed by atoms with Crippen LogP contribution in [-0.2, 0) is 4.79 Å². The number of para-hydroxylation sites is 1. The molecular formula is C15H14N4O2. The number of carbonyl (C=O) groups is 2. The molecular weight excluding hydrogens is 268 g/mol. The van der Waals surface area contributed by atoms with Gasteiger partial charge in [0.15, 0.2) is 0 Å². The molecule has 1 saturated heterocycles. The molecule has 0 bridgehead atoms. The standard InChI is InChI=1S/C15H14N4O2/c20-14(18-12-4-2-1-3-5-12)11-9-19(10-11)15(21)13-8-16-6-7-17-13/h1-8,11H,9-10H2,(H,18,20). The van der Waals surface area contributed by atoms with Crippen molar-refractivity contribution in [1.29, 1.82) is 0 Å². The zero-order valence-corrected chi connectivity index (χ0v) is 11.3. The zero-order chi connectivity index (χ0) is 14.7. The first-order chi connectivity index (χ1) is 10.2. The van der Waals surface area contributed by atoms with Crippen LogP contribution in [0.15, 0.2) is 48.9 Å². The maximum Gasteiger partial charge on any atom is 0.274 e. The molecule has 1 aromatic carbocycles. The number of amides is 2. The quantitative estimate of drug-likeness (QED) is 0.917. The molecule has 2 amide bonds. The van der Waals surface area contributed by atoms with E-state index in [-0.39, 0.29) is 17.7 Å². The number of likely N-dealkylation sites (tertiary alicyclic amines) is 1. The minimum Gasteiger partial charge on any atom is -0.336 e. The first-order valence-electron chi connectivity index (χ1n) is 6.65. The van der Waals surface area contributed by atoms with Crippen molar-refractivity contribution in [3.63, 3.8) is 0 Å². The van der Waals surface area contributed by atoms with Crippen LogP contribution in [0.5, 0.6) is 0 Å². The second-order valence-electron chi connectivity index (χ2n) is 4.85. The van der Waals surface area contributed by atoms with Crippen molar-refractivity contribution in [2.75, 3.05) is 18.4 Å². The number of aromatic nitrogens is 2. The minimum absolute atomic E-state index is 0.0654. The fourth-order valence-corrected chi connectivity index (χ4v) is 2.15. The average molecular weight is 282 g/mol. The van der Waals surface area contributed by atoms with Crippen molar-refractivity contribution in [3.8, 4) is 0 Å². The monoisotopic (exact) mass is 282 g/mol. The van der Waals surface area contributed by atoms with Crippen LogP contribution in [0.25, 0.3) is 0 Å². The Hall–Kier alpha value is -2.76. The molecule has 106 valence electrons. The van der Waals surface area contributed by atoms with Crippen LogP contribution >= 0.6 is 0 Å². The highest BCUT2D eigenvalue weighted by Crippen LogP contribution is 2.19. The number of nitrogens with zero attached hydrogens (tertiary/aromatic N) is 3. The second-order valence-corrected chi connectivity index (χ2v) is 4.85. The molecule has 0 aliphatic carbocycles. The van der Waals surface area contributed by atoms with Crippen molar-refractivity contribution < 1.29 is 9.59 Å². The van der Waals surface area contributed by atoms with E-state index in [1.165, 1.54) is 18.6 Å². The lowest BCUT2D eigenvalue weighted by Crippen LogP contribution is -2.54. The zero-order valence-electron chi connectivity index (χ0n) is 11.3. The van der Waals surface area contributed by atoms with E-state index < -0.39 is 0 Å². The Kier molecular flexibility index (Phi) is 3.59. The smallest absolute Gasteiger partial charge is 0.274 e. The Labute approximate surface area is 121 Å². The maximum absolute atomic E-state index is 12.0. The molecule has 2 aromatic rings. The molecule has 1 aliphatic heterocycles. The lowest BCUT2D eigenvalue weighted by molar-refractivity contribution is -0.123. The first-order valence-corrected chi connectivity index (χ1v) is 6.65. The number of anilines is 1. The van der Waals surface area contributed by atoms with Gasteiger partial charge in [-0.2, -0.15) is 0 Å². The van der Waals surface area contributed by atoms with Gasteiger partial charge in [0, 0.05) is 31.2 Å². The minimum atomic E-state index is -0.188. The molecule has 0 radical (unpaired) electrons. The Bertz CT molecular complexity index is 639. The van der Waals surface area contributed by atoms with Gasteiger partial charge in [-0.05, 0) is 12.1 Å². The van der Waals surface area contributed by atoms with Crippen LogP contribution in [0, 0.1) is 5.92 Å². The van der Waals surface area contributed by atoms with Crippen molar-refractivity contribution in [2.24, 2.45) is 5.92 Å². The van der Waals surface area contributed by atoms with E-state index in [0.29, 0.717) is 18.8 Å². The van der Waals surface area contributed by atoms with Gasteiger partial charge in [-0.1, -0.05) is 18.2 Å². The summed E-state index contributed by atoms with van der Waals surface area (Å²) in [4.78, 5) is 33.5. The molecule has 1 N–H and O–H groups in total. The highest BCUT2D eigenvalue weighted by atomic mass is 16.2. The van der Waals surface area contributed by atoms with Crippen molar-refractivity contribution in [1.82, 2.24) is 14.9 Å². The van der Waals surface area contributed by atoms with Crippen LogP contribution < -0.4 is 5.32 Å². The van der Waals surface area contributed by atoms with Gasteiger partial charge >= 0.3 is 0 Å². The summed E-state index contributed by atoms with van der Waals surface area (Å²) in [5.74, 6) is -0.429. The summed E-state index contributed by atoms with van der Waals surface area (Å²) in [5, 5.41) is 2.84. The summed E-state index contributed by atoms with van der Waals surface area (Å²) < 4.78 is 0. The third-order valence-electron chi connectivity index (χ3n) is 3.36. The lowest BCUT2D eigenvalue weighted by atomic mass is 9.98. The first kappa shape index (κ1) is 13.2. The van der Waals surface area contributed by atoms with E-state index in [1.807, 2.05) is 30.3 Å². The van der Waals surface area contributed by atoms with Crippen LogP contribution in [0.2, 0.25) is 0 Å². The number of carbonyl (C=O) groups excluding carboxylic acids is 2. The van der Waals surface area contributed by atoms with Crippen molar-refractivity contribution in [2.45, 2.75) is 0 Å². The molecule has 1 aromatic heterocycles. The summed E-state index contributed by atoms with van der Waals surface area (Å²) in [7, 11) is 0. The number of benzene rings is 1. The molecule has 2 heterocycles. The summed E-state index contributed by atoms with van der Waals surface area (Å²) in [6.45, 7) is 0.822. The largest absolute Gasteiger partial charge is 0.336 e. The van der Waals surface area contributed by atoms with Gasteiger partial charge in [0.2, 0.25) is 5.91 Å². The SMILES string of the molecule is O=C(Nc1ccccc1)C1CN(C(=O)c2cnccn2)C1. The summed E-state index contributed by atoms with van der Waals surface area (Å²) >= 11 is 0. The number of hydrogen-bond acceptors (Lipinski definition) is 4. The highest BCUT2D eigenvalue weighted by molar-refractivity contribution is 5.97. The van der Waals surface area contributed by atoms with E-state index in [2.05, 4.69) is 15.3 Å². The van der Waals surface area contributed by atoms with Gasteiger partial charge < -0.3 is 10.2 Å². The van der Waals surface area contributed by atoms with Crippen LogP contribution in [0.1, 0.15) is 10.5 Å². The van der Waals surface area contributed by atoms with Gasteiger partial charge in [-0.15, -0.1) is 0 Å². The molecule has 0 unspecified atom stereocenters. The van der Waals surface area contributed by atoms with Gasteiger partial charge in [-0.3, -0.25) is 14.6 Å². The Morgan fingerprint density at radius 3 is 2.57 bits per heavy atom. The number of rotatable bonds is 3. The molecule has 6 nitrogen and oxygen atoms in total. The highest BCUT2D eigenvalue weighted by Gasteiger charge is 2.36. The van der Waals surface area contributed by atoms with E-state index in [9.17, 15) is 9.59 Å². The van der Waals surface area contributed by atoms with Crippen LogP contribution in [0.4, 0.5) is 5.69 Å². The lowest BCUT2D eigenvalue weighted by Gasteiger charge is -2.37. The predicted octanol–water partition coefficient (Wildman–Crippen LogP) is 1.19. The summed E-state index contributed by atoms with van der Waals surface area (Å²) in [5.41, 5.74) is 1.07. The van der Waals surface area contributed by atoms with Crippen molar-refractivity contribution >= 4 is 17.5 Å². The molecule has 3 rings (SSSR count). The average Bonchev–Trinajstić information content (AvgIpc) is 2.47. The Morgan fingerprint density at radius 1 is 1.14 bits per heavy atom. The Morgan fingerprint density at radius 2 is 1.90 bits per heavy atom. The summed E-state index contributed by atoms with van der Waals surface area (Å²) in [6, 6.07) is 9.28. The number of nitrogens with one attached hydrogen (secondary N) is 1. The fraction of sp³-hybridized carbons (Fsp3) is 0.200. The second kappa shape index (κ2) is 5.70. The van der Waals surface area contributed by atoms with Gasteiger partial charge in [0.1, 0.15) is 5.69 Å².